The zero-order valence-corrected chi connectivity index (χ0v) is 10.1. The van der Waals surface area contributed by atoms with E-state index in [1.165, 1.54) is 13.0 Å². The first kappa shape index (κ1) is 14.8. The quantitative estimate of drug-likeness (QED) is 0.845. The minimum Gasteiger partial charge on any atom is -0.389 e. The first-order chi connectivity index (χ1) is 8.24. The Balaban J connectivity index is 3.12. The predicted octanol–water partition coefficient (Wildman–Crippen LogP) is 3.27. The third-order valence-corrected chi connectivity index (χ3v) is 2.53. The van der Waals surface area contributed by atoms with Crippen molar-refractivity contribution in [1.29, 1.82) is 0 Å². The molecule has 18 heavy (non-hydrogen) atoms. The molecule has 1 rings (SSSR count). The van der Waals surface area contributed by atoms with Crippen LogP contribution < -0.4 is 4.90 Å². The molecule has 1 aromatic carbocycles. The van der Waals surface area contributed by atoms with Crippen molar-refractivity contribution in [3.8, 4) is 0 Å². The minimum atomic E-state index is -4.35. The van der Waals surface area contributed by atoms with Crippen LogP contribution in [0.1, 0.15) is 25.5 Å². The normalized spacial score (nSPS) is 13.5. The van der Waals surface area contributed by atoms with E-state index in [1.54, 1.807) is 6.92 Å². The Morgan fingerprint density at radius 1 is 1.33 bits per heavy atom. The fourth-order valence-corrected chi connectivity index (χ4v) is 1.73. The van der Waals surface area contributed by atoms with Crippen molar-refractivity contribution in [3.63, 3.8) is 0 Å². The van der Waals surface area contributed by atoms with E-state index in [-0.39, 0.29) is 17.8 Å². The Bertz CT molecular complexity index is 404. The van der Waals surface area contributed by atoms with Crippen LogP contribution in [-0.4, -0.2) is 24.4 Å². The molecule has 1 aromatic rings. The molecule has 6 heteroatoms. The van der Waals surface area contributed by atoms with E-state index in [0.29, 0.717) is 0 Å². The van der Waals surface area contributed by atoms with Gasteiger partial charge in [0.2, 0.25) is 0 Å². The lowest BCUT2D eigenvalue weighted by Gasteiger charge is -2.27. The van der Waals surface area contributed by atoms with Gasteiger partial charge in [0, 0.05) is 17.8 Å². The minimum absolute atomic E-state index is 0.116. The molecule has 1 atom stereocenters. The van der Waals surface area contributed by atoms with Gasteiger partial charge in [-0.25, -0.2) is 4.39 Å². The molecular weight excluding hydrogens is 250 g/mol. The van der Waals surface area contributed by atoms with Gasteiger partial charge in [0.1, 0.15) is 12.4 Å². The van der Waals surface area contributed by atoms with Crippen LogP contribution in [0.2, 0.25) is 0 Å². The maximum absolute atomic E-state index is 13.1. The molecule has 0 fully saturated rings. The molecule has 0 radical (unpaired) electrons. The van der Waals surface area contributed by atoms with Crippen LogP contribution >= 0.6 is 0 Å². The van der Waals surface area contributed by atoms with Crippen LogP contribution in [0, 0.1) is 5.82 Å². The molecule has 1 N–H and O–H groups in total. The lowest BCUT2D eigenvalue weighted by molar-refractivity contribution is -0.119. The van der Waals surface area contributed by atoms with E-state index in [2.05, 4.69) is 0 Å². The van der Waals surface area contributed by atoms with Gasteiger partial charge in [-0.15, -0.1) is 0 Å². The second-order valence-corrected chi connectivity index (χ2v) is 4.01. The number of halogens is 4. The summed E-state index contributed by atoms with van der Waals surface area (Å²) >= 11 is 0. The third-order valence-electron chi connectivity index (χ3n) is 2.53. The predicted molar refractivity (Wildman–Crippen MR) is 61.0 cm³/mol. The average Bonchev–Trinajstić information content (AvgIpc) is 2.24. The van der Waals surface area contributed by atoms with Crippen molar-refractivity contribution in [2.75, 3.05) is 18.0 Å². The first-order valence-corrected chi connectivity index (χ1v) is 5.53. The molecule has 0 aliphatic heterocycles. The molecule has 0 unspecified atom stereocenters. The van der Waals surface area contributed by atoms with Crippen LogP contribution in [0.3, 0.4) is 0 Å². The number of hydrogen-bond donors (Lipinski definition) is 1. The molecule has 102 valence electrons. The van der Waals surface area contributed by atoms with E-state index >= 15 is 0 Å². The van der Waals surface area contributed by atoms with Crippen molar-refractivity contribution < 1.29 is 22.7 Å². The maximum atomic E-state index is 13.1. The van der Waals surface area contributed by atoms with Crippen LogP contribution in [0.15, 0.2) is 18.2 Å². The Kier molecular flexibility index (Phi) is 4.56. The molecule has 0 heterocycles. The summed E-state index contributed by atoms with van der Waals surface area (Å²) in [6.45, 7) is 1.94. The number of aliphatic hydroxyl groups excluding tert-OH is 1. The Morgan fingerprint density at radius 3 is 2.39 bits per heavy atom. The van der Waals surface area contributed by atoms with Crippen molar-refractivity contribution in [3.05, 3.63) is 29.6 Å². The summed E-state index contributed by atoms with van der Waals surface area (Å²) in [5, 5.41) is 9.50. The van der Waals surface area contributed by atoms with Gasteiger partial charge >= 0.3 is 6.18 Å². The van der Waals surface area contributed by atoms with Gasteiger partial charge in [-0.1, -0.05) is 0 Å². The fourth-order valence-electron chi connectivity index (χ4n) is 1.73. The zero-order chi connectivity index (χ0) is 13.9. The second kappa shape index (κ2) is 5.56. The molecule has 0 saturated heterocycles. The Morgan fingerprint density at radius 2 is 1.94 bits per heavy atom. The molecule has 2 nitrogen and oxygen atoms in total. The third kappa shape index (κ3) is 3.87. The number of nitrogens with zero attached hydrogens (tertiary/aromatic N) is 1. The Hall–Kier alpha value is -1.30. The van der Waals surface area contributed by atoms with Crippen LogP contribution in [-0.2, 0) is 0 Å². The fraction of sp³-hybridized carbons (Fsp3) is 0.500. The summed E-state index contributed by atoms with van der Waals surface area (Å²) in [5.41, 5.74) is 0.354. The molecule has 0 spiro atoms. The van der Waals surface area contributed by atoms with Crippen molar-refractivity contribution in [2.24, 2.45) is 0 Å². The van der Waals surface area contributed by atoms with E-state index in [0.717, 1.165) is 17.0 Å². The molecule has 0 aromatic heterocycles. The molecule has 0 amide bonds. The lowest BCUT2D eigenvalue weighted by atomic mass is 10.1. The standard InChI is InChI=1S/C12H15F4NO/c1-3-17(7-12(14,15)16)11-5-4-9(13)6-10(11)8(2)18/h4-6,8,18H,3,7H2,1-2H3/t8-/m0/s1. The van der Waals surface area contributed by atoms with Crippen LogP contribution in [0.5, 0.6) is 0 Å². The maximum Gasteiger partial charge on any atom is 0.405 e. The second-order valence-electron chi connectivity index (χ2n) is 4.01. The average molecular weight is 265 g/mol. The van der Waals surface area contributed by atoms with Gasteiger partial charge in [0.25, 0.3) is 0 Å². The summed E-state index contributed by atoms with van der Waals surface area (Å²) in [5.74, 6) is -0.585. The first-order valence-electron chi connectivity index (χ1n) is 5.53. The van der Waals surface area contributed by atoms with Gasteiger partial charge in [-0.05, 0) is 32.0 Å². The number of hydrogen-bond acceptors (Lipinski definition) is 2. The SMILES string of the molecule is CCN(CC(F)(F)F)c1ccc(F)cc1[C@H](C)O. The highest BCUT2D eigenvalue weighted by Gasteiger charge is 2.31. The lowest BCUT2D eigenvalue weighted by Crippen LogP contribution is -2.34. The van der Waals surface area contributed by atoms with Gasteiger partial charge in [0.15, 0.2) is 0 Å². The monoisotopic (exact) mass is 265 g/mol. The summed E-state index contributed by atoms with van der Waals surface area (Å²) in [6, 6.07) is 3.39. The molecule has 0 aliphatic rings. The molecular formula is C12H15F4NO. The van der Waals surface area contributed by atoms with E-state index in [4.69, 9.17) is 0 Å². The van der Waals surface area contributed by atoms with E-state index in [9.17, 15) is 22.7 Å². The molecule has 0 aliphatic carbocycles. The zero-order valence-electron chi connectivity index (χ0n) is 10.1. The smallest absolute Gasteiger partial charge is 0.389 e. The van der Waals surface area contributed by atoms with Gasteiger partial charge in [0.05, 0.1) is 6.10 Å². The summed E-state index contributed by atoms with van der Waals surface area (Å²) < 4.78 is 50.3. The number of rotatable bonds is 4. The van der Waals surface area contributed by atoms with Crippen molar-refractivity contribution in [1.82, 2.24) is 0 Å². The highest BCUT2D eigenvalue weighted by molar-refractivity contribution is 5.54. The van der Waals surface area contributed by atoms with E-state index < -0.39 is 24.6 Å². The summed E-state index contributed by atoms with van der Waals surface area (Å²) in [7, 11) is 0. The Labute approximate surface area is 103 Å². The summed E-state index contributed by atoms with van der Waals surface area (Å²) in [6.07, 6.45) is -5.38. The van der Waals surface area contributed by atoms with Crippen LogP contribution in [0.4, 0.5) is 23.2 Å². The van der Waals surface area contributed by atoms with Gasteiger partial charge < -0.3 is 10.0 Å². The van der Waals surface area contributed by atoms with Crippen molar-refractivity contribution in [2.45, 2.75) is 26.1 Å². The van der Waals surface area contributed by atoms with Gasteiger partial charge in [-0.2, -0.15) is 13.2 Å². The highest BCUT2D eigenvalue weighted by Crippen LogP contribution is 2.29. The number of alkyl halides is 3. The molecule has 0 bridgehead atoms. The highest BCUT2D eigenvalue weighted by atomic mass is 19.4. The number of aliphatic hydroxyl groups is 1. The van der Waals surface area contributed by atoms with E-state index in [1.807, 2.05) is 0 Å². The van der Waals surface area contributed by atoms with Gasteiger partial charge in [-0.3, -0.25) is 0 Å². The topological polar surface area (TPSA) is 23.5 Å². The summed E-state index contributed by atoms with van der Waals surface area (Å²) in [4.78, 5) is 1.06. The molecule has 0 saturated carbocycles. The van der Waals surface area contributed by atoms with Crippen molar-refractivity contribution >= 4 is 5.69 Å². The number of anilines is 1. The number of benzene rings is 1. The largest absolute Gasteiger partial charge is 0.405 e. The van der Waals surface area contributed by atoms with Crippen LogP contribution in [0.25, 0.3) is 0 Å².